The van der Waals surface area contributed by atoms with Crippen molar-refractivity contribution in [1.82, 2.24) is 20.3 Å². The first kappa shape index (κ1) is 13.0. The number of hydrogen-bond acceptors (Lipinski definition) is 4. The second-order valence-electron chi connectivity index (χ2n) is 5.26. The van der Waals surface area contributed by atoms with Crippen LogP contribution in [-0.2, 0) is 0 Å². The lowest BCUT2D eigenvalue weighted by molar-refractivity contribution is 0.103. The second-order valence-corrected chi connectivity index (χ2v) is 5.26. The van der Waals surface area contributed by atoms with E-state index in [2.05, 4.69) is 15.6 Å². The second kappa shape index (κ2) is 5.54. The molecule has 1 aromatic heterocycles. The quantitative estimate of drug-likeness (QED) is 0.863. The fourth-order valence-electron chi connectivity index (χ4n) is 2.48. The molecule has 2 aromatic rings. The van der Waals surface area contributed by atoms with Gasteiger partial charge in [-0.25, -0.2) is 4.68 Å². The lowest BCUT2D eigenvalue weighted by Crippen LogP contribution is -2.29. The van der Waals surface area contributed by atoms with E-state index in [4.69, 9.17) is 0 Å². The Kier molecular flexibility index (Phi) is 3.60. The highest BCUT2D eigenvalue weighted by Gasteiger charge is 2.19. The van der Waals surface area contributed by atoms with Crippen molar-refractivity contribution in [3.05, 3.63) is 47.3 Å². The molecule has 5 nitrogen and oxygen atoms in total. The number of aromatic nitrogens is 3. The number of carbonyl (C=O) groups is 1. The molecule has 5 heteroatoms. The van der Waals surface area contributed by atoms with Gasteiger partial charge in [-0.2, -0.15) is 0 Å². The third kappa shape index (κ3) is 2.63. The number of carbonyl (C=O) groups excluding carboxylic acids is 1. The molecule has 0 bridgehead atoms. The monoisotopic (exact) mass is 270 g/mol. The van der Waals surface area contributed by atoms with Crippen molar-refractivity contribution in [3.8, 4) is 0 Å². The van der Waals surface area contributed by atoms with E-state index < -0.39 is 0 Å². The number of benzene rings is 1. The Balaban J connectivity index is 1.78. The number of hydrogen-bond donors (Lipinski definition) is 1. The van der Waals surface area contributed by atoms with Crippen molar-refractivity contribution >= 4 is 5.78 Å². The van der Waals surface area contributed by atoms with Crippen molar-refractivity contribution in [2.75, 3.05) is 13.1 Å². The molecular weight excluding hydrogens is 252 g/mol. The maximum absolute atomic E-state index is 12.3. The molecule has 1 aromatic carbocycles. The zero-order chi connectivity index (χ0) is 13.9. The predicted octanol–water partition coefficient (Wildman–Crippen LogP) is 1.74. The van der Waals surface area contributed by atoms with Crippen LogP contribution < -0.4 is 5.32 Å². The smallest absolute Gasteiger partial charge is 0.214 e. The van der Waals surface area contributed by atoms with E-state index in [0.717, 1.165) is 31.5 Å². The summed E-state index contributed by atoms with van der Waals surface area (Å²) in [4.78, 5) is 12.3. The zero-order valence-corrected chi connectivity index (χ0v) is 11.5. The standard InChI is InChI=1S/C15H18N4O/c1-11-2-4-12(5-3-11)15(20)14-10-19(18-17-14)13-6-8-16-9-7-13/h2-5,10,13,16H,6-9H2,1H3. The minimum atomic E-state index is -0.0646. The molecule has 0 atom stereocenters. The van der Waals surface area contributed by atoms with Crippen LogP contribution in [0.1, 0.15) is 40.5 Å². The van der Waals surface area contributed by atoms with Crippen LogP contribution in [0.5, 0.6) is 0 Å². The molecule has 1 aliphatic rings. The molecule has 2 heterocycles. The minimum Gasteiger partial charge on any atom is -0.317 e. The maximum atomic E-state index is 12.3. The highest BCUT2D eigenvalue weighted by molar-refractivity contribution is 6.07. The SMILES string of the molecule is Cc1ccc(C(=O)c2cn(C3CCNCC3)nn2)cc1. The molecule has 0 saturated carbocycles. The van der Waals surface area contributed by atoms with E-state index in [0.29, 0.717) is 17.3 Å². The van der Waals surface area contributed by atoms with E-state index in [-0.39, 0.29) is 5.78 Å². The van der Waals surface area contributed by atoms with Crippen LogP contribution in [0.15, 0.2) is 30.5 Å². The topological polar surface area (TPSA) is 59.8 Å². The Morgan fingerprint density at radius 3 is 2.65 bits per heavy atom. The largest absolute Gasteiger partial charge is 0.317 e. The Morgan fingerprint density at radius 2 is 1.95 bits per heavy atom. The van der Waals surface area contributed by atoms with Crippen LogP contribution in [0.3, 0.4) is 0 Å². The molecule has 1 fully saturated rings. The first-order valence-electron chi connectivity index (χ1n) is 6.98. The summed E-state index contributed by atoms with van der Waals surface area (Å²) in [5.41, 5.74) is 2.22. The molecule has 0 radical (unpaired) electrons. The van der Waals surface area contributed by atoms with Crippen molar-refractivity contribution in [2.24, 2.45) is 0 Å². The number of rotatable bonds is 3. The van der Waals surface area contributed by atoms with Gasteiger partial charge in [0.2, 0.25) is 5.78 Å². The minimum absolute atomic E-state index is 0.0646. The van der Waals surface area contributed by atoms with Gasteiger partial charge in [-0.3, -0.25) is 4.79 Å². The lowest BCUT2D eigenvalue weighted by Gasteiger charge is -2.22. The molecule has 1 aliphatic heterocycles. The van der Waals surface area contributed by atoms with Gasteiger partial charge in [0.15, 0.2) is 5.69 Å². The molecule has 0 unspecified atom stereocenters. The molecule has 1 saturated heterocycles. The van der Waals surface area contributed by atoms with Crippen LogP contribution in [0.4, 0.5) is 0 Å². The predicted molar refractivity (Wildman–Crippen MR) is 75.8 cm³/mol. The van der Waals surface area contributed by atoms with Crippen molar-refractivity contribution in [1.29, 1.82) is 0 Å². The van der Waals surface area contributed by atoms with E-state index in [1.165, 1.54) is 0 Å². The van der Waals surface area contributed by atoms with Gasteiger partial charge in [0.05, 0.1) is 12.2 Å². The molecular formula is C15H18N4O. The van der Waals surface area contributed by atoms with Crippen molar-refractivity contribution in [2.45, 2.75) is 25.8 Å². The first-order chi connectivity index (χ1) is 9.74. The van der Waals surface area contributed by atoms with Crippen LogP contribution >= 0.6 is 0 Å². The number of piperidine rings is 1. The summed E-state index contributed by atoms with van der Waals surface area (Å²) in [7, 11) is 0. The molecule has 104 valence electrons. The van der Waals surface area contributed by atoms with Crippen LogP contribution in [0.2, 0.25) is 0 Å². The Hall–Kier alpha value is -2.01. The van der Waals surface area contributed by atoms with Gasteiger partial charge < -0.3 is 5.32 Å². The summed E-state index contributed by atoms with van der Waals surface area (Å²) >= 11 is 0. The fraction of sp³-hybridized carbons (Fsp3) is 0.400. The number of ketones is 1. The molecule has 0 aliphatic carbocycles. The lowest BCUT2D eigenvalue weighted by atomic mass is 10.1. The summed E-state index contributed by atoms with van der Waals surface area (Å²) in [6.07, 6.45) is 3.83. The number of nitrogens with zero attached hydrogens (tertiary/aromatic N) is 3. The summed E-state index contributed by atoms with van der Waals surface area (Å²) in [5, 5.41) is 11.5. The maximum Gasteiger partial charge on any atom is 0.214 e. The average Bonchev–Trinajstić information content (AvgIpc) is 2.98. The van der Waals surface area contributed by atoms with E-state index >= 15 is 0 Å². The highest BCUT2D eigenvalue weighted by Crippen LogP contribution is 2.18. The summed E-state index contributed by atoms with van der Waals surface area (Å²) in [6.45, 7) is 3.99. The Morgan fingerprint density at radius 1 is 1.25 bits per heavy atom. The highest BCUT2D eigenvalue weighted by atomic mass is 16.1. The third-order valence-corrected chi connectivity index (χ3v) is 3.74. The van der Waals surface area contributed by atoms with Gasteiger partial charge >= 0.3 is 0 Å². The molecule has 3 rings (SSSR count). The Labute approximate surface area is 118 Å². The van der Waals surface area contributed by atoms with E-state index in [1.807, 2.05) is 35.9 Å². The molecule has 1 N–H and O–H groups in total. The average molecular weight is 270 g/mol. The molecule has 0 spiro atoms. The number of aryl methyl sites for hydroxylation is 1. The van der Waals surface area contributed by atoms with Crippen LogP contribution in [-0.4, -0.2) is 33.9 Å². The van der Waals surface area contributed by atoms with E-state index in [1.54, 1.807) is 6.20 Å². The third-order valence-electron chi connectivity index (χ3n) is 3.74. The van der Waals surface area contributed by atoms with Gasteiger partial charge in [-0.05, 0) is 32.9 Å². The summed E-state index contributed by atoms with van der Waals surface area (Å²) < 4.78 is 1.84. The van der Waals surface area contributed by atoms with Gasteiger partial charge in [-0.1, -0.05) is 35.0 Å². The summed E-state index contributed by atoms with van der Waals surface area (Å²) in [6, 6.07) is 7.89. The first-order valence-corrected chi connectivity index (χ1v) is 6.98. The number of nitrogens with one attached hydrogen (secondary N) is 1. The van der Waals surface area contributed by atoms with Crippen LogP contribution in [0, 0.1) is 6.92 Å². The Bertz CT molecular complexity index is 597. The zero-order valence-electron chi connectivity index (χ0n) is 11.5. The van der Waals surface area contributed by atoms with Crippen molar-refractivity contribution in [3.63, 3.8) is 0 Å². The molecule has 0 amide bonds. The van der Waals surface area contributed by atoms with Gasteiger partial charge in [0, 0.05) is 5.56 Å². The van der Waals surface area contributed by atoms with Crippen molar-refractivity contribution < 1.29 is 4.79 Å². The van der Waals surface area contributed by atoms with Gasteiger partial charge in [-0.15, -0.1) is 5.10 Å². The normalized spacial score (nSPS) is 16.2. The van der Waals surface area contributed by atoms with E-state index in [9.17, 15) is 4.79 Å². The van der Waals surface area contributed by atoms with Crippen LogP contribution in [0.25, 0.3) is 0 Å². The van der Waals surface area contributed by atoms with Gasteiger partial charge in [0.25, 0.3) is 0 Å². The fourth-order valence-corrected chi connectivity index (χ4v) is 2.48. The molecule has 20 heavy (non-hydrogen) atoms. The summed E-state index contributed by atoms with van der Waals surface area (Å²) in [5.74, 6) is -0.0646. The van der Waals surface area contributed by atoms with Gasteiger partial charge in [0.1, 0.15) is 0 Å².